The van der Waals surface area contributed by atoms with Crippen LogP contribution in [0.1, 0.15) is 28.2 Å². The number of fused-ring (bicyclic) bond motifs is 1. The van der Waals surface area contributed by atoms with Crippen molar-refractivity contribution in [2.45, 2.75) is 26.4 Å². The van der Waals surface area contributed by atoms with Crippen molar-refractivity contribution < 1.29 is 14.3 Å². The SMILES string of the molecule is Cc1cc(N2CCOc3ccc(O[C@H]4CCN(C(=O)c5cn(C)cn5)C4)cc32)cnc1C. The minimum atomic E-state index is -0.0537. The standard InChI is InChI=1S/C24H27N5O3/c1-16-10-18(12-25-17(16)2)29-8-9-31-23-5-4-19(11-22(23)29)32-20-6-7-28(13-20)24(30)21-14-27(3)15-26-21/h4-5,10-12,14-15,20H,6-9,13H2,1-3H3/t20-/m0/s1. The van der Waals surface area contributed by atoms with Crippen molar-refractivity contribution in [3.05, 3.63) is 59.9 Å². The van der Waals surface area contributed by atoms with Crippen LogP contribution in [-0.2, 0) is 7.05 Å². The zero-order chi connectivity index (χ0) is 22.2. The number of rotatable bonds is 4. The van der Waals surface area contributed by atoms with Crippen molar-refractivity contribution in [3.8, 4) is 11.5 Å². The third kappa shape index (κ3) is 3.88. The van der Waals surface area contributed by atoms with Gasteiger partial charge in [-0.1, -0.05) is 0 Å². The number of anilines is 2. The van der Waals surface area contributed by atoms with Gasteiger partial charge >= 0.3 is 0 Å². The van der Waals surface area contributed by atoms with Crippen LogP contribution in [-0.4, -0.2) is 57.7 Å². The number of nitrogens with zero attached hydrogens (tertiary/aromatic N) is 5. The van der Waals surface area contributed by atoms with Crippen molar-refractivity contribution >= 4 is 17.3 Å². The van der Waals surface area contributed by atoms with E-state index >= 15 is 0 Å². The van der Waals surface area contributed by atoms with Crippen LogP contribution in [0.5, 0.6) is 11.5 Å². The van der Waals surface area contributed by atoms with Crippen molar-refractivity contribution in [2.75, 3.05) is 31.1 Å². The van der Waals surface area contributed by atoms with Crippen LogP contribution in [0.2, 0.25) is 0 Å². The molecule has 5 rings (SSSR count). The van der Waals surface area contributed by atoms with E-state index in [1.54, 1.807) is 17.1 Å². The van der Waals surface area contributed by atoms with Crippen molar-refractivity contribution in [2.24, 2.45) is 7.05 Å². The molecule has 4 heterocycles. The zero-order valence-electron chi connectivity index (χ0n) is 18.6. The highest BCUT2D eigenvalue weighted by Gasteiger charge is 2.30. The molecule has 2 aliphatic rings. The number of hydrogen-bond donors (Lipinski definition) is 0. The first-order valence-electron chi connectivity index (χ1n) is 10.9. The summed E-state index contributed by atoms with van der Waals surface area (Å²) in [6.07, 6.45) is 6.03. The second kappa shape index (κ2) is 8.18. The number of pyridine rings is 1. The molecule has 1 aromatic carbocycles. The summed E-state index contributed by atoms with van der Waals surface area (Å²) in [5.74, 6) is 1.55. The Bertz CT molecular complexity index is 1160. The third-order valence-corrected chi connectivity index (χ3v) is 6.09. The maximum atomic E-state index is 12.7. The number of imidazole rings is 1. The average Bonchev–Trinajstić information content (AvgIpc) is 3.44. The summed E-state index contributed by atoms with van der Waals surface area (Å²) in [6.45, 7) is 6.67. The number of benzene rings is 1. The molecule has 0 unspecified atom stereocenters. The Morgan fingerprint density at radius 3 is 2.84 bits per heavy atom. The van der Waals surface area contributed by atoms with E-state index < -0.39 is 0 Å². The van der Waals surface area contributed by atoms with Gasteiger partial charge in [0.1, 0.15) is 29.9 Å². The lowest BCUT2D eigenvalue weighted by molar-refractivity contribution is 0.0767. The molecule has 8 heteroatoms. The maximum Gasteiger partial charge on any atom is 0.274 e. The van der Waals surface area contributed by atoms with Gasteiger partial charge in [-0.2, -0.15) is 0 Å². The summed E-state index contributed by atoms with van der Waals surface area (Å²) in [5, 5.41) is 0. The Hall–Kier alpha value is -3.55. The lowest BCUT2D eigenvalue weighted by Crippen LogP contribution is -2.31. The Balaban J connectivity index is 1.31. The van der Waals surface area contributed by atoms with Crippen LogP contribution < -0.4 is 14.4 Å². The normalized spacial score (nSPS) is 17.8. The molecule has 1 fully saturated rings. The van der Waals surface area contributed by atoms with Gasteiger partial charge in [0.15, 0.2) is 0 Å². The molecule has 8 nitrogen and oxygen atoms in total. The summed E-state index contributed by atoms with van der Waals surface area (Å²) in [7, 11) is 1.86. The van der Waals surface area contributed by atoms with Gasteiger partial charge in [-0.25, -0.2) is 4.98 Å². The topological polar surface area (TPSA) is 72.7 Å². The van der Waals surface area contributed by atoms with Crippen LogP contribution in [0, 0.1) is 13.8 Å². The molecule has 3 aromatic rings. The van der Waals surface area contributed by atoms with Gasteiger partial charge < -0.3 is 23.8 Å². The molecule has 2 aromatic heterocycles. The van der Waals surface area contributed by atoms with Crippen LogP contribution in [0.25, 0.3) is 0 Å². The Kier molecular flexibility index (Phi) is 5.20. The lowest BCUT2D eigenvalue weighted by Gasteiger charge is -2.32. The number of hydrogen-bond acceptors (Lipinski definition) is 6. The van der Waals surface area contributed by atoms with Gasteiger partial charge in [0, 0.05) is 38.0 Å². The van der Waals surface area contributed by atoms with Crippen LogP contribution in [0.15, 0.2) is 43.0 Å². The predicted octanol–water partition coefficient (Wildman–Crippen LogP) is 3.26. The molecule has 0 N–H and O–H groups in total. The fourth-order valence-corrected chi connectivity index (χ4v) is 4.20. The Morgan fingerprint density at radius 1 is 1.19 bits per heavy atom. The van der Waals surface area contributed by atoms with Gasteiger partial charge in [-0.05, 0) is 37.6 Å². The van der Waals surface area contributed by atoms with Gasteiger partial charge in [0.2, 0.25) is 0 Å². The molecule has 0 spiro atoms. The molecule has 0 bridgehead atoms. The highest BCUT2D eigenvalue weighted by Crippen LogP contribution is 2.39. The molecule has 1 amide bonds. The van der Waals surface area contributed by atoms with Gasteiger partial charge in [0.05, 0.1) is 37.0 Å². The maximum absolute atomic E-state index is 12.7. The number of aromatic nitrogens is 3. The number of amides is 1. The van der Waals surface area contributed by atoms with Crippen molar-refractivity contribution in [3.63, 3.8) is 0 Å². The fraction of sp³-hybridized carbons (Fsp3) is 0.375. The second-order valence-electron chi connectivity index (χ2n) is 8.43. The molecule has 166 valence electrons. The van der Waals surface area contributed by atoms with E-state index in [0.29, 0.717) is 25.4 Å². The van der Waals surface area contributed by atoms with Crippen molar-refractivity contribution in [1.82, 2.24) is 19.4 Å². The van der Waals surface area contributed by atoms with E-state index in [2.05, 4.69) is 27.9 Å². The molecule has 0 aliphatic carbocycles. The molecule has 0 saturated carbocycles. The average molecular weight is 434 g/mol. The first-order valence-corrected chi connectivity index (χ1v) is 10.9. The fourth-order valence-electron chi connectivity index (χ4n) is 4.20. The van der Waals surface area contributed by atoms with Gasteiger partial charge in [-0.3, -0.25) is 9.78 Å². The molecular formula is C24H27N5O3. The number of aryl methyl sites for hydroxylation is 3. The first kappa shape index (κ1) is 20.4. The highest BCUT2D eigenvalue weighted by atomic mass is 16.5. The monoisotopic (exact) mass is 433 g/mol. The smallest absolute Gasteiger partial charge is 0.274 e. The molecule has 32 heavy (non-hydrogen) atoms. The number of likely N-dealkylation sites (tertiary alicyclic amines) is 1. The highest BCUT2D eigenvalue weighted by molar-refractivity contribution is 5.92. The van der Waals surface area contributed by atoms with E-state index in [9.17, 15) is 4.79 Å². The lowest BCUT2D eigenvalue weighted by atomic mass is 10.1. The Labute approximate surface area is 187 Å². The molecule has 1 atom stereocenters. The van der Waals surface area contributed by atoms with Gasteiger partial charge in [0.25, 0.3) is 5.91 Å². The Morgan fingerprint density at radius 2 is 2.06 bits per heavy atom. The van der Waals surface area contributed by atoms with E-state index in [4.69, 9.17) is 9.47 Å². The van der Waals surface area contributed by atoms with Crippen LogP contribution >= 0.6 is 0 Å². The first-order chi connectivity index (χ1) is 15.5. The van der Waals surface area contributed by atoms with Gasteiger partial charge in [-0.15, -0.1) is 0 Å². The second-order valence-corrected chi connectivity index (χ2v) is 8.43. The van der Waals surface area contributed by atoms with E-state index in [0.717, 1.165) is 47.1 Å². The molecule has 1 saturated heterocycles. The van der Waals surface area contributed by atoms with Crippen LogP contribution in [0.4, 0.5) is 11.4 Å². The van der Waals surface area contributed by atoms with E-state index in [-0.39, 0.29) is 12.0 Å². The van der Waals surface area contributed by atoms with E-state index in [1.807, 2.05) is 43.3 Å². The zero-order valence-corrected chi connectivity index (χ0v) is 18.6. The number of carbonyl (C=O) groups excluding carboxylic acids is 1. The number of carbonyl (C=O) groups is 1. The summed E-state index contributed by atoms with van der Waals surface area (Å²) >= 11 is 0. The largest absolute Gasteiger partial charge is 0.490 e. The summed E-state index contributed by atoms with van der Waals surface area (Å²) < 4.78 is 13.9. The summed E-state index contributed by atoms with van der Waals surface area (Å²) in [6, 6.07) is 8.07. The van der Waals surface area contributed by atoms with Crippen LogP contribution in [0.3, 0.4) is 0 Å². The minimum absolute atomic E-state index is 0.0519. The summed E-state index contributed by atoms with van der Waals surface area (Å²) in [4.78, 5) is 25.4. The summed E-state index contributed by atoms with van der Waals surface area (Å²) in [5.41, 5.74) is 4.68. The molecular weight excluding hydrogens is 406 g/mol. The predicted molar refractivity (Wildman–Crippen MR) is 121 cm³/mol. The van der Waals surface area contributed by atoms with E-state index in [1.165, 1.54) is 0 Å². The number of ether oxygens (including phenoxy) is 2. The minimum Gasteiger partial charge on any atom is -0.490 e. The van der Waals surface area contributed by atoms with Crippen molar-refractivity contribution in [1.29, 1.82) is 0 Å². The quantitative estimate of drug-likeness (QED) is 0.629. The third-order valence-electron chi connectivity index (χ3n) is 6.09. The molecule has 0 radical (unpaired) electrons. The molecule has 2 aliphatic heterocycles.